The number of thiazole rings is 1. The third kappa shape index (κ3) is 3.33. The number of nitrogens with one attached hydrogen (secondary N) is 1. The minimum absolute atomic E-state index is 0.00265. The van der Waals surface area contributed by atoms with E-state index in [2.05, 4.69) is 15.3 Å². The Morgan fingerprint density at radius 3 is 2.82 bits per heavy atom. The van der Waals surface area contributed by atoms with Gasteiger partial charge in [0.1, 0.15) is 5.52 Å². The van der Waals surface area contributed by atoms with E-state index in [1.165, 1.54) is 0 Å². The lowest BCUT2D eigenvalue weighted by molar-refractivity contribution is -0.120. The van der Waals surface area contributed by atoms with Gasteiger partial charge in [0.15, 0.2) is 11.5 Å². The molecule has 0 saturated heterocycles. The number of aryl methyl sites for hydroxylation is 2. The Kier molecular flexibility index (Phi) is 4.20. The van der Waals surface area contributed by atoms with Crippen LogP contribution in [0.2, 0.25) is 0 Å². The Hall–Kier alpha value is -2.21. The summed E-state index contributed by atoms with van der Waals surface area (Å²) in [6.07, 6.45) is 0.964. The van der Waals surface area contributed by atoms with Crippen molar-refractivity contribution in [1.29, 1.82) is 0 Å². The van der Waals surface area contributed by atoms with E-state index in [0.717, 1.165) is 26.7 Å². The van der Waals surface area contributed by atoms with E-state index < -0.39 is 0 Å². The van der Waals surface area contributed by atoms with Crippen molar-refractivity contribution in [2.24, 2.45) is 0 Å². The van der Waals surface area contributed by atoms with Gasteiger partial charge in [-0.3, -0.25) is 4.79 Å². The number of nitrogens with zero attached hydrogens (tertiary/aromatic N) is 2. The van der Waals surface area contributed by atoms with Gasteiger partial charge in [0.25, 0.3) is 0 Å². The van der Waals surface area contributed by atoms with E-state index in [1.54, 1.807) is 11.3 Å². The quantitative estimate of drug-likeness (QED) is 0.786. The number of rotatable bonds is 5. The number of hydrogen-bond donors (Lipinski definition) is 1. The molecule has 0 spiro atoms. The van der Waals surface area contributed by atoms with Crippen LogP contribution in [0, 0.1) is 13.8 Å². The molecule has 0 saturated carbocycles. The second kappa shape index (κ2) is 6.27. The molecule has 1 aromatic carbocycles. The van der Waals surface area contributed by atoms with Gasteiger partial charge < -0.3 is 9.73 Å². The summed E-state index contributed by atoms with van der Waals surface area (Å²) in [5.41, 5.74) is 2.57. The van der Waals surface area contributed by atoms with Crippen LogP contribution >= 0.6 is 11.3 Å². The highest BCUT2D eigenvalue weighted by atomic mass is 32.1. The average Bonchev–Trinajstić information content (AvgIpc) is 3.01. The van der Waals surface area contributed by atoms with Crippen LogP contribution in [0.5, 0.6) is 0 Å². The second-order valence-electron chi connectivity index (χ2n) is 5.09. The molecule has 2 aromatic heterocycles. The van der Waals surface area contributed by atoms with Gasteiger partial charge in [-0.2, -0.15) is 0 Å². The highest BCUT2D eigenvalue weighted by Crippen LogP contribution is 2.17. The molecule has 0 aliphatic carbocycles. The van der Waals surface area contributed by atoms with Crippen LogP contribution in [-0.4, -0.2) is 22.4 Å². The van der Waals surface area contributed by atoms with Crippen molar-refractivity contribution < 1.29 is 9.21 Å². The lowest BCUT2D eigenvalue weighted by atomic mass is 10.3. The van der Waals surface area contributed by atoms with Crippen molar-refractivity contribution >= 4 is 28.3 Å². The van der Waals surface area contributed by atoms with Crippen LogP contribution in [0.4, 0.5) is 0 Å². The largest absolute Gasteiger partial charge is 0.441 e. The number of carbonyl (C=O) groups is 1. The molecule has 0 radical (unpaired) electrons. The molecule has 0 aliphatic heterocycles. The molecule has 0 unspecified atom stereocenters. The first-order valence-electron chi connectivity index (χ1n) is 7.16. The molecule has 3 aromatic rings. The molecule has 6 heteroatoms. The summed E-state index contributed by atoms with van der Waals surface area (Å²) in [6, 6.07) is 7.64. The maximum atomic E-state index is 12.0. The Balaban J connectivity index is 1.52. The molecule has 3 rings (SSSR count). The second-order valence-corrected chi connectivity index (χ2v) is 6.38. The maximum absolute atomic E-state index is 12.0. The van der Waals surface area contributed by atoms with Crippen LogP contribution in [0.3, 0.4) is 0 Å². The summed E-state index contributed by atoms with van der Waals surface area (Å²) < 4.78 is 5.62. The molecule has 5 nitrogen and oxygen atoms in total. The molecule has 0 fully saturated rings. The van der Waals surface area contributed by atoms with Gasteiger partial charge in [0, 0.05) is 17.8 Å². The zero-order chi connectivity index (χ0) is 15.5. The molecule has 1 N–H and O–H groups in total. The lowest BCUT2D eigenvalue weighted by Crippen LogP contribution is -2.27. The number of fused-ring (bicyclic) bond motifs is 1. The Morgan fingerprint density at radius 2 is 2.09 bits per heavy atom. The lowest BCUT2D eigenvalue weighted by Gasteiger charge is -2.02. The molecule has 0 atom stereocenters. The summed E-state index contributed by atoms with van der Waals surface area (Å²) in [6.45, 7) is 4.40. The van der Waals surface area contributed by atoms with Gasteiger partial charge >= 0.3 is 0 Å². The minimum Gasteiger partial charge on any atom is -0.441 e. The predicted octanol–water partition coefficient (Wildman–Crippen LogP) is 2.80. The fourth-order valence-electron chi connectivity index (χ4n) is 2.28. The molecule has 2 heterocycles. The van der Waals surface area contributed by atoms with Gasteiger partial charge in [0.05, 0.1) is 17.1 Å². The minimum atomic E-state index is 0.00265. The zero-order valence-electron chi connectivity index (χ0n) is 12.5. The van der Waals surface area contributed by atoms with Crippen LogP contribution in [0.1, 0.15) is 21.5 Å². The summed E-state index contributed by atoms with van der Waals surface area (Å²) in [7, 11) is 0. The number of amides is 1. The fraction of sp³-hybridized carbons (Fsp3) is 0.312. The molecular formula is C16H17N3O2S. The smallest absolute Gasteiger partial charge is 0.225 e. The SMILES string of the molecule is Cc1nc(C)c(CC(=O)NCCc2nc3ccccc3o2)s1. The number of benzene rings is 1. The van der Waals surface area contributed by atoms with Gasteiger partial charge in [-0.05, 0) is 26.0 Å². The van der Waals surface area contributed by atoms with Gasteiger partial charge in [0.2, 0.25) is 5.91 Å². The third-order valence-corrected chi connectivity index (χ3v) is 4.39. The van der Waals surface area contributed by atoms with E-state index in [-0.39, 0.29) is 5.91 Å². The molecule has 1 amide bonds. The summed E-state index contributed by atoms with van der Waals surface area (Å²) >= 11 is 1.57. The maximum Gasteiger partial charge on any atom is 0.225 e. The first kappa shape index (κ1) is 14.7. The Morgan fingerprint density at radius 1 is 1.27 bits per heavy atom. The Labute approximate surface area is 132 Å². The summed E-state index contributed by atoms with van der Waals surface area (Å²) in [5.74, 6) is 0.647. The number of aromatic nitrogens is 2. The third-order valence-electron chi connectivity index (χ3n) is 3.32. The predicted molar refractivity (Wildman–Crippen MR) is 86.0 cm³/mol. The van der Waals surface area contributed by atoms with Crippen LogP contribution in [0.25, 0.3) is 11.1 Å². The standard InChI is InChI=1S/C16H17N3O2S/c1-10-14(22-11(2)18-10)9-15(20)17-8-7-16-19-12-5-3-4-6-13(12)21-16/h3-6H,7-9H2,1-2H3,(H,17,20). The van der Waals surface area contributed by atoms with Crippen molar-refractivity contribution in [1.82, 2.24) is 15.3 Å². The van der Waals surface area contributed by atoms with Crippen LogP contribution < -0.4 is 5.32 Å². The van der Waals surface area contributed by atoms with Crippen molar-refractivity contribution in [3.63, 3.8) is 0 Å². The highest BCUT2D eigenvalue weighted by Gasteiger charge is 2.10. The zero-order valence-corrected chi connectivity index (χ0v) is 13.4. The number of carbonyl (C=O) groups excluding carboxylic acids is 1. The van der Waals surface area contributed by atoms with Gasteiger partial charge in [-0.1, -0.05) is 12.1 Å². The monoisotopic (exact) mass is 315 g/mol. The van der Waals surface area contributed by atoms with Crippen molar-refractivity contribution in [3.05, 3.63) is 45.7 Å². The molecule has 114 valence electrons. The van der Waals surface area contributed by atoms with E-state index in [4.69, 9.17) is 4.42 Å². The summed E-state index contributed by atoms with van der Waals surface area (Å²) in [5, 5.41) is 3.89. The average molecular weight is 315 g/mol. The number of hydrogen-bond acceptors (Lipinski definition) is 5. The normalized spacial score (nSPS) is 11.0. The topological polar surface area (TPSA) is 68.0 Å². The Bertz CT molecular complexity index is 774. The summed E-state index contributed by atoms with van der Waals surface area (Å²) in [4.78, 5) is 21.7. The van der Waals surface area contributed by atoms with E-state index in [0.29, 0.717) is 25.3 Å². The van der Waals surface area contributed by atoms with Crippen LogP contribution in [-0.2, 0) is 17.6 Å². The first-order chi connectivity index (χ1) is 10.6. The van der Waals surface area contributed by atoms with Crippen molar-refractivity contribution in [2.75, 3.05) is 6.54 Å². The van der Waals surface area contributed by atoms with Gasteiger partial charge in [-0.15, -0.1) is 11.3 Å². The van der Waals surface area contributed by atoms with Gasteiger partial charge in [-0.25, -0.2) is 9.97 Å². The highest BCUT2D eigenvalue weighted by molar-refractivity contribution is 7.11. The number of oxazole rings is 1. The first-order valence-corrected chi connectivity index (χ1v) is 7.97. The van der Waals surface area contributed by atoms with Crippen molar-refractivity contribution in [2.45, 2.75) is 26.7 Å². The van der Waals surface area contributed by atoms with E-state index >= 15 is 0 Å². The van der Waals surface area contributed by atoms with Crippen molar-refractivity contribution in [3.8, 4) is 0 Å². The molecule has 22 heavy (non-hydrogen) atoms. The van der Waals surface area contributed by atoms with E-state index in [9.17, 15) is 4.79 Å². The fourth-order valence-corrected chi connectivity index (χ4v) is 3.22. The van der Waals surface area contributed by atoms with Crippen LogP contribution in [0.15, 0.2) is 28.7 Å². The van der Waals surface area contributed by atoms with E-state index in [1.807, 2.05) is 38.1 Å². The molecule has 0 bridgehead atoms. The molecular weight excluding hydrogens is 298 g/mol. The molecule has 0 aliphatic rings. The number of para-hydroxylation sites is 2.